The molecule has 0 radical (unpaired) electrons. The number of fused-ring (bicyclic) bond motifs is 1. The number of rotatable bonds is 1. The molecule has 0 bridgehead atoms. The van der Waals surface area contributed by atoms with Crippen LogP contribution in [0.1, 0.15) is 10.4 Å². The van der Waals surface area contributed by atoms with E-state index >= 15 is 0 Å². The van der Waals surface area contributed by atoms with Gasteiger partial charge in [0.15, 0.2) is 0 Å². The highest BCUT2D eigenvalue weighted by molar-refractivity contribution is 6.07. The van der Waals surface area contributed by atoms with Crippen LogP contribution in [0.2, 0.25) is 0 Å². The van der Waals surface area contributed by atoms with Gasteiger partial charge in [-0.15, -0.1) is 0 Å². The van der Waals surface area contributed by atoms with Crippen LogP contribution in [0, 0.1) is 0 Å². The Morgan fingerprint density at radius 2 is 2.14 bits per heavy atom. The lowest BCUT2D eigenvalue weighted by Gasteiger charge is -2.04. The number of carboxylic acids is 1. The van der Waals surface area contributed by atoms with Gasteiger partial charge >= 0.3 is 5.97 Å². The van der Waals surface area contributed by atoms with E-state index < -0.39 is 5.97 Å². The summed E-state index contributed by atoms with van der Waals surface area (Å²) in [6.45, 7) is 0. The van der Waals surface area contributed by atoms with Crippen LogP contribution in [0.25, 0.3) is 10.9 Å². The predicted molar refractivity (Wildman–Crippen MR) is 53.1 cm³/mol. The summed E-state index contributed by atoms with van der Waals surface area (Å²) in [6, 6.07) is 6.65. The number of hydrogen-bond acceptors (Lipinski definition) is 3. The van der Waals surface area contributed by atoms with Crippen LogP contribution in [-0.4, -0.2) is 16.1 Å². The number of nitrogens with two attached hydrogens (primary N) is 1. The van der Waals surface area contributed by atoms with E-state index in [0.29, 0.717) is 10.9 Å². The predicted octanol–water partition coefficient (Wildman–Crippen LogP) is 1.52. The van der Waals surface area contributed by atoms with Crippen molar-refractivity contribution in [3.63, 3.8) is 0 Å². The van der Waals surface area contributed by atoms with Gasteiger partial charge in [0.1, 0.15) is 0 Å². The Bertz CT molecular complexity index is 508. The van der Waals surface area contributed by atoms with Crippen molar-refractivity contribution in [1.82, 2.24) is 4.98 Å². The smallest absolute Gasteiger partial charge is 0.338 e. The van der Waals surface area contributed by atoms with E-state index in [9.17, 15) is 4.79 Å². The Kier molecular flexibility index (Phi) is 1.81. The van der Waals surface area contributed by atoms with Gasteiger partial charge in [-0.05, 0) is 18.2 Å². The van der Waals surface area contributed by atoms with Crippen molar-refractivity contribution in [2.24, 2.45) is 0 Å². The highest BCUT2D eigenvalue weighted by Crippen LogP contribution is 2.22. The SMILES string of the molecule is Nc1ccc2ncccc2c1C(=O)O. The second kappa shape index (κ2) is 2.99. The van der Waals surface area contributed by atoms with Crippen molar-refractivity contribution in [3.8, 4) is 0 Å². The lowest BCUT2D eigenvalue weighted by atomic mass is 10.1. The van der Waals surface area contributed by atoms with Gasteiger partial charge in [-0.3, -0.25) is 4.98 Å². The molecule has 70 valence electrons. The molecule has 0 aliphatic carbocycles. The normalized spacial score (nSPS) is 10.3. The molecule has 1 heterocycles. The summed E-state index contributed by atoms with van der Waals surface area (Å²) in [5, 5.41) is 9.53. The van der Waals surface area contributed by atoms with Gasteiger partial charge < -0.3 is 10.8 Å². The molecule has 0 atom stereocenters. The Morgan fingerprint density at radius 1 is 1.36 bits per heavy atom. The Balaban J connectivity index is 2.90. The molecule has 4 nitrogen and oxygen atoms in total. The summed E-state index contributed by atoms with van der Waals surface area (Å²) in [4.78, 5) is 15.0. The largest absolute Gasteiger partial charge is 0.478 e. The minimum atomic E-state index is -1.03. The number of hydrogen-bond donors (Lipinski definition) is 2. The summed E-state index contributed by atoms with van der Waals surface area (Å²) in [5.41, 5.74) is 6.60. The number of benzene rings is 1. The third-order valence-corrected chi connectivity index (χ3v) is 2.03. The van der Waals surface area contributed by atoms with Gasteiger partial charge in [-0.2, -0.15) is 0 Å². The quantitative estimate of drug-likeness (QED) is 0.665. The number of nitrogen functional groups attached to an aromatic ring is 1. The number of nitrogens with zero attached hydrogens (tertiary/aromatic N) is 1. The number of carboxylic acid groups (broad SMARTS) is 1. The van der Waals surface area contributed by atoms with Crippen molar-refractivity contribution in [1.29, 1.82) is 0 Å². The molecule has 3 N–H and O–H groups in total. The Labute approximate surface area is 80.0 Å². The van der Waals surface area contributed by atoms with Gasteiger partial charge in [0.2, 0.25) is 0 Å². The zero-order valence-corrected chi connectivity index (χ0v) is 7.27. The first-order valence-electron chi connectivity index (χ1n) is 4.06. The average Bonchev–Trinajstić information content (AvgIpc) is 2.17. The molecule has 14 heavy (non-hydrogen) atoms. The molecule has 4 heteroatoms. The fourth-order valence-electron chi connectivity index (χ4n) is 1.41. The Morgan fingerprint density at radius 3 is 2.86 bits per heavy atom. The molecule has 0 unspecified atom stereocenters. The molecule has 0 aliphatic rings. The first-order chi connectivity index (χ1) is 6.70. The van der Waals surface area contributed by atoms with Crippen molar-refractivity contribution in [3.05, 3.63) is 36.0 Å². The monoisotopic (exact) mass is 188 g/mol. The third-order valence-electron chi connectivity index (χ3n) is 2.03. The average molecular weight is 188 g/mol. The lowest BCUT2D eigenvalue weighted by Crippen LogP contribution is -2.03. The van der Waals surface area contributed by atoms with E-state index in [1.807, 2.05) is 0 Å². The van der Waals surface area contributed by atoms with Gasteiger partial charge in [0, 0.05) is 17.3 Å². The zero-order chi connectivity index (χ0) is 10.1. The highest BCUT2D eigenvalue weighted by Gasteiger charge is 2.12. The van der Waals surface area contributed by atoms with Crippen molar-refractivity contribution in [2.75, 3.05) is 5.73 Å². The fourth-order valence-corrected chi connectivity index (χ4v) is 1.41. The van der Waals surface area contributed by atoms with E-state index in [1.165, 1.54) is 0 Å². The summed E-state index contributed by atoms with van der Waals surface area (Å²) in [7, 11) is 0. The maximum Gasteiger partial charge on any atom is 0.338 e. The minimum Gasteiger partial charge on any atom is -0.478 e. The fraction of sp³-hybridized carbons (Fsp3) is 0. The molecule has 1 aromatic heterocycles. The van der Waals surface area contributed by atoms with E-state index in [-0.39, 0.29) is 11.3 Å². The summed E-state index contributed by atoms with van der Waals surface area (Å²) < 4.78 is 0. The van der Waals surface area contributed by atoms with Gasteiger partial charge in [-0.1, -0.05) is 6.07 Å². The van der Waals surface area contributed by atoms with Crippen LogP contribution < -0.4 is 5.73 Å². The maximum atomic E-state index is 10.9. The summed E-state index contributed by atoms with van der Waals surface area (Å²) in [6.07, 6.45) is 1.62. The van der Waals surface area contributed by atoms with Crippen LogP contribution in [-0.2, 0) is 0 Å². The first-order valence-corrected chi connectivity index (χ1v) is 4.06. The number of aromatic nitrogens is 1. The molecule has 1 aromatic carbocycles. The number of anilines is 1. The molecular weight excluding hydrogens is 180 g/mol. The number of pyridine rings is 1. The molecule has 0 aliphatic heterocycles. The second-order valence-corrected chi connectivity index (χ2v) is 2.91. The standard InChI is InChI=1S/C10H8N2O2/c11-7-3-4-8-6(2-1-5-12-8)9(7)10(13)14/h1-5H,11H2,(H,13,14). The van der Waals surface area contributed by atoms with Crippen LogP contribution in [0.3, 0.4) is 0 Å². The molecule has 0 saturated heterocycles. The number of carbonyl (C=O) groups is 1. The molecular formula is C10H8N2O2. The first kappa shape index (κ1) is 8.50. The van der Waals surface area contributed by atoms with Crippen molar-refractivity contribution < 1.29 is 9.90 Å². The van der Waals surface area contributed by atoms with Gasteiger partial charge in [-0.25, -0.2) is 4.79 Å². The van der Waals surface area contributed by atoms with Crippen LogP contribution in [0.5, 0.6) is 0 Å². The maximum absolute atomic E-state index is 10.9. The summed E-state index contributed by atoms with van der Waals surface area (Å²) in [5.74, 6) is -1.03. The lowest BCUT2D eigenvalue weighted by molar-refractivity contribution is 0.0700. The van der Waals surface area contributed by atoms with E-state index in [0.717, 1.165) is 0 Å². The third kappa shape index (κ3) is 1.17. The van der Waals surface area contributed by atoms with Crippen molar-refractivity contribution >= 4 is 22.6 Å². The minimum absolute atomic E-state index is 0.121. The van der Waals surface area contributed by atoms with Gasteiger partial charge in [0.05, 0.1) is 11.1 Å². The van der Waals surface area contributed by atoms with Crippen LogP contribution in [0.4, 0.5) is 5.69 Å². The molecule has 0 spiro atoms. The Hall–Kier alpha value is -2.10. The van der Waals surface area contributed by atoms with Crippen molar-refractivity contribution in [2.45, 2.75) is 0 Å². The van der Waals surface area contributed by atoms with Crippen LogP contribution in [0.15, 0.2) is 30.5 Å². The number of aromatic carboxylic acids is 1. The van der Waals surface area contributed by atoms with Crippen LogP contribution >= 0.6 is 0 Å². The van der Waals surface area contributed by atoms with E-state index in [2.05, 4.69) is 4.98 Å². The van der Waals surface area contributed by atoms with E-state index in [4.69, 9.17) is 10.8 Å². The molecule has 0 saturated carbocycles. The molecule has 2 aromatic rings. The summed E-state index contributed by atoms with van der Waals surface area (Å²) >= 11 is 0. The molecule has 2 rings (SSSR count). The second-order valence-electron chi connectivity index (χ2n) is 2.91. The van der Waals surface area contributed by atoms with Gasteiger partial charge in [0.25, 0.3) is 0 Å². The zero-order valence-electron chi connectivity index (χ0n) is 7.27. The molecule has 0 fully saturated rings. The molecule has 0 amide bonds. The van der Waals surface area contributed by atoms with E-state index in [1.54, 1.807) is 30.5 Å². The topological polar surface area (TPSA) is 76.2 Å². The highest BCUT2D eigenvalue weighted by atomic mass is 16.4.